The lowest BCUT2D eigenvalue weighted by Crippen LogP contribution is -2.12. The van der Waals surface area contributed by atoms with Gasteiger partial charge in [0.1, 0.15) is 0 Å². The van der Waals surface area contributed by atoms with E-state index in [1.54, 1.807) is 18.6 Å². The van der Waals surface area contributed by atoms with Crippen molar-refractivity contribution in [2.45, 2.75) is 17.9 Å². The zero-order valence-electron chi connectivity index (χ0n) is 10.1. The summed E-state index contributed by atoms with van der Waals surface area (Å²) in [5.74, 6) is 0. The summed E-state index contributed by atoms with van der Waals surface area (Å²) in [5, 5.41) is 8.32. The first-order valence-electron chi connectivity index (χ1n) is 5.49. The number of halogens is 1. The van der Waals surface area contributed by atoms with Gasteiger partial charge >= 0.3 is 0 Å². The molecule has 0 aliphatic heterocycles. The van der Waals surface area contributed by atoms with Gasteiger partial charge in [0.15, 0.2) is 0 Å². The van der Waals surface area contributed by atoms with E-state index in [9.17, 15) is 8.42 Å². The Labute approximate surface area is 120 Å². The Morgan fingerprint density at radius 3 is 2.63 bits per heavy atom. The molecule has 0 aliphatic rings. The summed E-state index contributed by atoms with van der Waals surface area (Å²) in [5.41, 5.74) is 1.78. The van der Waals surface area contributed by atoms with Gasteiger partial charge in [0.2, 0.25) is 10.0 Å². The standard InChI is InChI=1S/C12H13BrN2O3S/c1-8(9-4-5-18-7-9)15-12-3-2-10(6-11(12)13)19(14,16)17/h2-8,15H,1H3,(H2,14,16,17). The van der Waals surface area contributed by atoms with Crippen molar-refractivity contribution < 1.29 is 12.8 Å². The van der Waals surface area contributed by atoms with Gasteiger partial charge < -0.3 is 9.73 Å². The average molecular weight is 345 g/mol. The maximum absolute atomic E-state index is 11.2. The minimum absolute atomic E-state index is 0.0374. The van der Waals surface area contributed by atoms with Crippen LogP contribution >= 0.6 is 15.9 Å². The third-order valence-corrected chi connectivity index (χ3v) is 4.25. The molecule has 0 fully saturated rings. The normalized spacial score (nSPS) is 13.2. The number of furan rings is 1. The zero-order valence-corrected chi connectivity index (χ0v) is 12.5. The van der Waals surface area contributed by atoms with Gasteiger partial charge in [0.25, 0.3) is 0 Å². The third kappa shape index (κ3) is 3.37. The highest BCUT2D eigenvalue weighted by molar-refractivity contribution is 9.10. The van der Waals surface area contributed by atoms with Crippen LogP contribution in [0.5, 0.6) is 0 Å². The van der Waals surface area contributed by atoms with E-state index in [4.69, 9.17) is 9.56 Å². The fourth-order valence-corrected chi connectivity index (χ4v) is 2.81. The molecule has 102 valence electrons. The molecule has 1 atom stereocenters. The van der Waals surface area contributed by atoms with Crippen molar-refractivity contribution >= 4 is 31.6 Å². The van der Waals surface area contributed by atoms with Crippen LogP contribution in [0.15, 0.2) is 50.6 Å². The molecule has 0 aliphatic carbocycles. The van der Waals surface area contributed by atoms with Gasteiger partial charge in [-0.1, -0.05) is 0 Å². The Kier molecular flexibility index (Phi) is 3.98. The van der Waals surface area contributed by atoms with Crippen LogP contribution < -0.4 is 10.5 Å². The maximum Gasteiger partial charge on any atom is 0.238 e. The van der Waals surface area contributed by atoms with Crippen molar-refractivity contribution in [3.63, 3.8) is 0 Å². The molecular weight excluding hydrogens is 332 g/mol. The fraction of sp³-hybridized carbons (Fsp3) is 0.167. The summed E-state index contributed by atoms with van der Waals surface area (Å²) >= 11 is 3.33. The topological polar surface area (TPSA) is 85.3 Å². The van der Waals surface area contributed by atoms with Crippen molar-refractivity contribution in [1.29, 1.82) is 0 Å². The summed E-state index contributed by atoms with van der Waals surface area (Å²) in [6, 6.07) is 6.50. The van der Waals surface area contributed by atoms with Crippen molar-refractivity contribution in [1.82, 2.24) is 0 Å². The maximum atomic E-state index is 11.2. The molecule has 2 aromatic rings. The average Bonchev–Trinajstić information content (AvgIpc) is 2.84. The zero-order chi connectivity index (χ0) is 14.0. The quantitative estimate of drug-likeness (QED) is 0.892. The molecule has 2 rings (SSSR count). The molecule has 5 nitrogen and oxygen atoms in total. The summed E-state index contributed by atoms with van der Waals surface area (Å²) < 4.78 is 28.1. The van der Waals surface area contributed by atoms with Crippen molar-refractivity contribution in [3.05, 3.63) is 46.8 Å². The van der Waals surface area contributed by atoms with Gasteiger partial charge in [-0.2, -0.15) is 0 Å². The second-order valence-electron chi connectivity index (χ2n) is 4.11. The molecule has 1 aromatic heterocycles. The minimum Gasteiger partial charge on any atom is -0.472 e. The number of hydrogen-bond donors (Lipinski definition) is 2. The van der Waals surface area contributed by atoms with Crippen LogP contribution in [0.3, 0.4) is 0 Å². The first-order valence-corrected chi connectivity index (χ1v) is 7.83. The molecule has 1 unspecified atom stereocenters. The molecule has 0 saturated carbocycles. The van der Waals surface area contributed by atoms with Gasteiger partial charge in [0.05, 0.1) is 23.5 Å². The molecule has 1 aromatic carbocycles. The fourth-order valence-electron chi connectivity index (χ4n) is 1.63. The second kappa shape index (κ2) is 5.36. The predicted molar refractivity (Wildman–Crippen MR) is 76.3 cm³/mol. The molecule has 0 spiro atoms. The van der Waals surface area contributed by atoms with Gasteiger partial charge in [0, 0.05) is 15.7 Å². The third-order valence-electron chi connectivity index (χ3n) is 2.68. The Balaban J connectivity index is 2.23. The van der Waals surface area contributed by atoms with Crippen LogP contribution in [0, 0.1) is 0 Å². The first kappa shape index (κ1) is 14.1. The lowest BCUT2D eigenvalue weighted by molar-refractivity contribution is 0.562. The summed E-state index contributed by atoms with van der Waals surface area (Å²) in [6.45, 7) is 1.98. The lowest BCUT2D eigenvalue weighted by atomic mass is 10.1. The van der Waals surface area contributed by atoms with Gasteiger partial charge in [-0.05, 0) is 47.1 Å². The number of benzene rings is 1. The SMILES string of the molecule is CC(Nc1ccc(S(N)(=O)=O)cc1Br)c1ccoc1. The van der Waals surface area contributed by atoms with Crippen LogP contribution in [-0.2, 0) is 10.0 Å². The van der Waals surface area contributed by atoms with Crippen molar-refractivity contribution in [2.24, 2.45) is 5.14 Å². The Hall–Kier alpha value is -1.31. The summed E-state index contributed by atoms with van der Waals surface area (Å²) in [4.78, 5) is 0.0703. The number of sulfonamides is 1. The van der Waals surface area contributed by atoms with Crippen LogP contribution in [0.2, 0.25) is 0 Å². The minimum atomic E-state index is -3.69. The van der Waals surface area contributed by atoms with Crippen LogP contribution in [0.4, 0.5) is 5.69 Å². The molecule has 19 heavy (non-hydrogen) atoms. The number of hydrogen-bond acceptors (Lipinski definition) is 4. The highest BCUT2D eigenvalue weighted by atomic mass is 79.9. The van der Waals surface area contributed by atoms with E-state index in [0.717, 1.165) is 11.3 Å². The van der Waals surface area contributed by atoms with Gasteiger partial charge in [-0.15, -0.1) is 0 Å². The second-order valence-corrected chi connectivity index (χ2v) is 6.53. The monoisotopic (exact) mass is 344 g/mol. The summed E-state index contributed by atoms with van der Waals surface area (Å²) in [6.07, 6.45) is 3.26. The lowest BCUT2D eigenvalue weighted by Gasteiger charge is -2.15. The number of anilines is 1. The van der Waals surface area contributed by atoms with E-state index in [-0.39, 0.29) is 10.9 Å². The predicted octanol–water partition coefficient (Wildman–Crippen LogP) is 2.86. The number of rotatable bonds is 4. The Bertz CT molecular complexity index is 668. The van der Waals surface area contributed by atoms with E-state index in [1.165, 1.54) is 12.1 Å². The smallest absolute Gasteiger partial charge is 0.238 e. The highest BCUT2D eigenvalue weighted by Gasteiger charge is 2.12. The molecular formula is C12H13BrN2O3S. The van der Waals surface area contributed by atoms with Crippen molar-refractivity contribution in [3.8, 4) is 0 Å². The van der Waals surface area contributed by atoms with Crippen LogP contribution in [0.25, 0.3) is 0 Å². The van der Waals surface area contributed by atoms with Crippen LogP contribution in [-0.4, -0.2) is 8.42 Å². The molecule has 0 radical (unpaired) electrons. The first-order chi connectivity index (χ1) is 8.88. The van der Waals surface area contributed by atoms with E-state index < -0.39 is 10.0 Å². The number of nitrogens with two attached hydrogens (primary N) is 1. The largest absolute Gasteiger partial charge is 0.472 e. The summed E-state index contributed by atoms with van der Waals surface area (Å²) in [7, 11) is -3.69. The molecule has 3 N–H and O–H groups in total. The van der Waals surface area contributed by atoms with E-state index in [2.05, 4.69) is 21.2 Å². The van der Waals surface area contributed by atoms with E-state index >= 15 is 0 Å². The molecule has 0 amide bonds. The highest BCUT2D eigenvalue weighted by Crippen LogP contribution is 2.28. The Morgan fingerprint density at radius 1 is 1.37 bits per heavy atom. The number of nitrogens with one attached hydrogen (secondary N) is 1. The van der Waals surface area contributed by atoms with E-state index in [0.29, 0.717) is 4.47 Å². The molecule has 0 saturated heterocycles. The van der Waals surface area contributed by atoms with E-state index in [1.807, 2.05) is 13.0 Å². The molecule has 0 bridgehead atoms. The van der Waals surface area contributed by atoms with Crippen molar-refractivity contribution in [2.75, 3.05) is 5.32 Å². The van der Waals surface area contributed by atoms with Gasteiger partial charge in [-0.25, -0.2) is 13.6 Å². The molecule has 1 heterocycles. The van der Waals surface area contributed by atoms with Gasteiger partial charge in [-0.3, -0.25) is 0 Å². The number of primary sulfonamides is 1. The Morgan fingerprint density at radius 2 is 2.11 bits per heavy atom. The molecule has 7 heteroatoms. The van der Waals surface area contributed by atoms with Crippen LogP contribution in [0.1, 0.15) is 18.5 Å².